The van der Waals surface area contributed by atoms with Gasteiger partial charge < -0.3 is 20.6 Å². The van der Waals surface area contributed by atoms with Crippen molar-refractivity contribution < 1.29 is 54.1 Å². The summed E-state index contributed by atoms with van der Waals surface area (Å²) in [4.78, 5) is 81.2. The monoisotopic (exact) mass is 1180 g/mol. The molecule has 0 rings (SSSR count). The summed E-state index contributed by atoms with van der Waals surface area (Å²) in [5, 5.41) is 0. The molecule has 0 radical (unpaired) electrons. The highest BCUT2D eigenvalue weighted by molar-refractivity contribution is 6.91. The molecule has 428 valence electrons. The average Bonchev–Trinajstić information content (AvgIpc) is 3.23. The van der Waals surface area contributed by atoms with Crippen molar-refractivity contribution in [1.82, 2.24) is 0 Å². The Kier molecular flexibility index (Phi) is 36.6. The lowest BCUT2D eigenvalue weighted by molar-refractivity contribution is -0.116. The topological polar surface area (TPSA) is 166 Å². The van der Waals surface area contributed by atoms with Gasteiger partial charge >= 0.3 is 17.1 Å². The van der Waals surface area contributed by atoms with Crippen LogP contribution in [-0.4, -0.2) is 108 Å². The molecule has 0 heterocycles. The third-order valence-electron chi connectivity index (χ3n) is 11.7. The molecule has 0 aliphatic carbocycles. The summed E-state index contributed by atoms with van der Waals surface area (Å²) < 4.78 is 32.7. The summed E-state index contributed by atoms with van der Waals surface area (Å²) in [6, 6.07) is 5.25. The van der Waals surface area contributed by atoms with Gasteiger partial charge in [0.1, 0.15) is 0 Å². The zero-order valence-electron chi connectivity index (χ0n) is 50.3. The molecule has 0 aromatic rings. The molecule has 0 aromatic heterocycles. The van der Waals surface area contributed by atoms with Crippen LogP contribution < -0.4 is 0 Å². The second-order valence-corrected chi connectivity index (χ2v) is 57.5. The molecule has 20 heteroatoms. The van der Waals surface area contributed by atoms with Gasteiger partial charge in [-0.3, -0.25) is 33.6 Å². The van der Waals surface area contributed by atoms with E-state index in [9.17, 15) is 33.6 Å². The molecular formula is C55H104O12Si8. The summed E-state index contributed by atoms with van der Waals surface area (Å²) in [6.45, 7) is 60.2. The van der Waals surface area contributed by atoms with Crippen molar-refractivity contribution in [2.45, 2.75) is 219 Å². The Labute approximate surface area is 465 Å². The lowest BCUT2D eigenvalue weighted by Gasteiger charge is -2.42. The first-order valence-electron chi connectivity index (χ1n) is 26.6. The zero-order valence-corrected chi connectivity index (χ0v) is 58.3. The highest BCUT2D eigenvalue weighted by Gasteiger charge is 2.46. The van der Waals surface area contributed by atoms with Gasteiger partial charge in [0, 0.05) is 44.2 Å². The Morgan fingerprint density at radius 3 is 0.853 bits per heavy atom. The van der Waals surface area contributed by atoms with Crippen LogP contribution >= 0.6 is 0 Å². The average molecular weight is 1180 g/mol. The van der Waals surface area contributed by atoms with E-state index in [0.29, 0.717) is 67.8 Å². The Morgan fingerprint density at radius 1 is 0.333 bits per heavy atom. The van der Waals surface area contributed by atoms with Crippen molar-refractivity contribution in [2.75, 3.05) is 0 Å². The van der Waals surface area contributed by atoms with E-state index >= 15 is 0 Å². The minimum atomic E-state index is -2.78. The van der Waals surface area contributed by atoms with Crippen LogP contribution in [0.3, 0.4) is 0 Å². The predicted octanol–water partition coefficient (Wildman–Crippen LogP) is 15.0. The van der Waals surface area contributed by atoms with Crippen molar-refractivity contribution >= 4 is 108 Å². The van der Waals surface area contributed by atoms with Gasteiger partial charge in [0.25, 0.3) is 0 Å². The Hall–Kier alpha value is -2.59. The van der Waals surface area contributed by atoms with E-state index < -0.39 is 67.0 Å². The first-order valence-corrected chi connectivity index (χ1v) is 50.6. The summed E-state index contributed by atoms with van der Waals surface area (Å²) in [6.07, 6.45) is 13.6. The van der Waals surface area contributed by atoms with Gasteiger partial charge in [-0.15, -0.1) is 0 Å². The predicted molar refractivity (Wildman–Crippen MR) is 335 cm³/mol. The molecule has 12 nitrogen and oxygen atoms in total. The van der Waals surface area contributed by atoms with Crippen LogP contribution in [0.1, 0.15) is 78.1 Å². The third kappa shape index (κ3) is 42.1. The lowest BCUT2D eigenvalue weighted by Crippen LogP contribution is -2.58. The van der Waals surface area contributed by atoms with Gasteiger partial charge in [0.05, 0.1) is 0 Å². The fourth-order valence-electron chi connectivity index (χ4n) is 8.71. The standard InChI is InChI=1S/C21H40O6Si4.C18H34O3Si2.C16H30O3Si2/c1-11-19(22)15-14-16-31(10,26-29(6,7)18-21(24)13-3)27-30(8,9)25-28(4,5)17-20(23)12-2;1-15(2)17(19)11-9-13-22(5,6)21-23(7,8)14-10-12-18(20)16(3)4;1-7-15(17)11-9-13-20(3,4)19-21(5,6)14-10-12-16(18)8-2/h11-13H,1-3,14-18H2,4-10H3;1,3,9-14H2,2,4-8H3;7-8H,1-2,9-14H2,3-6H3. The van der Waals surface area contributed by atoms with E-state index in [4.69, 9.17) is 20.6 Å². The number of hydrogen-bond donors (Lipinski definition) is 0. The first kappa shape index (κ1) is 76.6. The Balaban J connectivity index is -0.00000106. The highest BCUT2D eigenvalue weighted by atomic mass is 28.5. The molecule has 0 aliphatic rings. The molecule has 0 fully saturated rings. The SMILES string of the molecule is C=C(C)C(=O)CCC[Si](C)(C)O[Si](C)(C)CCCC(=O)C(=C)C.C=CC(=O)CCC[Si](C)(C)O[Si](C)(C)CCCC(=O)C=C.C=CC(=O)CCC[Si](C)(O[Si](C)(C)CC(=O)C=C)O[Si](C)(C)O[Si](C)(C)CC(=O)C=C. The Bertz CT molecular complexity index is 1910. The smallest absolute Gasteiger partial charge is 0.315 e. The molecule has 0 amide bonds. The maximum absolute atomic E-state index is 12.0. The summed E-state index contributed by atoms with van der Waals surface area (Å²) in [5.41, 5.74) is 1.28. The van der Waals surface area contributed by atoms with Crippen molar-refractivity contribution in [3.63, 3.8) is 0 Å². The molecule has 0 saturated carbocycles. The molecular weight excluding hydrogens is 1080 g/mol. The zero-order chi connectivity index (χ0) is 59.3. The van der Waals surface area contributed by atoms with Crippen molar-refractivity contribution in [3.05, 3.63) is 87.6 Å². The summed E-state index contributed by atoms with van der Waals surface area (Å²) in [5.74, 6) is 0.447. The molecule has 0 aromatic carbocycles. The molecule has 0 spiro atoms. The largest absolute Gasteiger partial charge is 0.455 e. The quantitative estimate of drug-likeness (QED) is 0.0421. The van der Waals surface area contributed by atoms with Gasteiger partial charge in [0.15, 0.2) is 90.4 Å². The fraction of sp³-hybridized carbons (Fsp3) is 0.618. The number of rotatable bonds is 41. The van der Waals surface area contributed by atoms with Crippen LogP contribution in [0, 0.1) is 0 Å². The summed E-state index contributed by atoms with van der Waals surface area (Å²) in [7, 11) is -17.1. The van der Waals surface area contributed by atoms with Crippen LogP contribution in [0.4, 0.5) is 0 Å². The van der Waals surface area contributed by atoms with E-state index in [1.54, 1.807) is 13.8 Å². The first-order chi connectivity index (χ1) is 34.0. The van der Waals surface area contributed by atoms with Crippen LogP contribution in [-0.2, 0) is 54.1 Å². The maximum atomic E-state index is 12.0. The van der Waals surface area contributed by atoms with Crippen LogP contribution in [0.5, 0.6) is 0 Å². The fourth-order valence-corrected chi connectivity index (χ4v) is 45.8. The van der Waals surface area contributed by atoms with E-state index in [1.807, 2.05) is 45.8 Å². The van der Waals surface area contributed by atoms with Crippen molar-refractivity contribution in [2.24, 2.45) is 0 Å². The van der Waals surface area contributed by atoms with Crippen LogP contribution in [0.2, 0.25) is 141 Å². The maximum Gasteiger partial charge on any atom is 0.315 e. The number of Topliss-reactive ketones (excluding diaryl/α,β-unsaturated/α-hetero) is 2. The molecule has 1 atom stereocenters. The highest BCUT2D eigenvalue weighted by Crippen LogP contribution is 2.31. The van der Waals surface area contributed by atoms with E-state index in [0.717, 1.165) is 49.9 Å². The van der Waals surface area contributed by atoms with Gasteiger partial charge in [-0.25, -0.2) is 0 Å². The number of carbonyl (C=O) groups is 7. The number of carbonyl (C=O) groups excluding carboxylic acids is 7. The third-order valence-corrected chi connectivity index (χ3v) is 42.2. The number of allylic oxidation sites excluding steroid dienone is 7. The van der Waals surface area contributed by atoms with E-state index in [-0.39, 0.29) is 40.5 Å². The van der Waals surface area contributed by atoms with Crippen molar-refractivity contribution in [3.8, 4) is 0 Å². The number of hydrogen-bond acceptors (Lipinski definition) is 12. The molecule has 1 unspecified atom stereocenters. The minimum Gasteiger partial charge on any atom is -0.455 e. The van der Waals surface area contributed by atoms with Gasteiger partial charge in [-0.1, -0.05) is 46.1 Å². The molecule has 0 aliphatic heterocycles. The molecule has 0 bridgehead atoms. The number of ketones is 7. The van der Waals surface area contributed by atoms with Crippen LogP contribution in [0.15, 0.2) is 87.6 Å². The van der Waals surface area contributed by atoms with E-state index in [1.165, 1.54) is 30.4 Å². The van der Waals surface area contributed by atoms with Gasteiger partial charge in [0.2, 0.25) is 0 Å². The molecule has 0 saturated heterocycles. The summed E-state index contributed by atoms with van der Waals surface area (Å²) >= 11 is 0. The normalized spacial score (nSPS) is 13.0. The second kappa shape index (κ2) is 35.8. The van der Waals surface area contributed by atoms with Gasteiger partial charge in [-0.2, -0.15) is 0 Å². The van der Waals surface area contributed by atoms with E-state index in [2.05, 4.69) is 98.4 Å². The van der Waals surface area contributed by atoms with Crippen molar-refractivity contribution in [1.29, 1.82) is 0 Å². The lowest BCUT2D eigenvalue weighted by atomic mass is 10.1. The van der Waals surface area contributed by atoms with Crippen LogP contribution in [0.25, 0.3) is 0 Å². The second-order valence-electron chi connectivity index (χ2n) is 24.0. The molecule has 75 heavy (non-hydrogen) atoms. The van der Waals surface area contributed by atoms with Gasteiger partial charge in [-0.05, 0) is 216 Å². The minimum absolute atomic E-state index is 0.0149. The Morgan fingerprint density at radius 2 is 0.587 bits per heavy atom. The molecule has 0 N–H and O–H groups in total.